The summed E-state index contributed by atoms with van der Waals surface area (Å²) in [6.45, 7) is 8.93. The molecular formula is C28H26N2O5S. The molecule has 36 heavy (non-hydrogen) atoms. The molecule has 0 unspecified atom stereocenters. The Labute approximate surface area is 209 Å². The summed E-state index contributed by atoms with van der Waals surface area (Å²) >= 11 is 0. The predicted molar refractivity (Wildman–Crippen MR) is 143 cm³/mol. The van der Waals surface area contributed by atoms with Crippen molar-refractivity contribution in [2.45, 2.75) is 20.8 Å². The van der Waals surface area contributed by atoms with Crippen LogP contribution in [0.2, 0.25) is 0 Å². The van der Waals surface area contributed by atoms with Crippen molar-refractivity contribution < 1.29 is 17.9 Å². The number of nitrogens with zero attached hydrogens (tertiary/aromatic N) is 1. The van der Waals surface area contributed by atoms with Gasteiger partial charge in [0.15, 0.2) is 11.5 Å². The molecule has 0 saturated carbocycles. The maximum Gasteiger partial charge on any atom is 0.232 e. The number of sulfonamides is 1. The topological polar surface area (TPSA) is 94.5 Å². The van der Waals surface area contributed by atoms with E-state index in [4.69, 9.17) is 4.74 Å². The molecule has 0 fully saturated rings. The highest BCUT2D eigenvalue weighted by Gasteiger charge is 2.19. The zero-order chi connectivity index (χ0) is 26.0. The lowest BCUT2D eigenvalue weighted by molar-refractivity contribution is 0.104. The Kier molecular flexibility index (Phi) is 6.81. The van der Waals surface area contributed by atoms with Gasteiger partial charge in [-0.3, -0.25) is 14.3 Å². The minimum Gasteiger partial charge on any atom is -0.455 e. The van der Waals surface area contributed by atoms with E-state index in [1.54, 1.807) is 54.0 Å². The molecule has 0 saturated heterocycles. The maximum absolute atomic E-state index is 13.1. The number of rotatable bonds is 8. The van der Waals surface area contributed by atoms with E-state index < -0.39 is 21.2 Å². The number of hydrogen-bond acceptors (Lipinski definition) is 5. The van der Waals surface area contributed by atoms with Crippen LogP contribution in [0, 0.1) is 13.8 Å². The average Bonchev–Trinajstić information content (AvgIpc) is 2.87. The minimum absolute atomic E-state index is 0.0544. The molecule has 184 valence electrons. The number of ketones is 1. The van der Waals surface area contributed by atoms with E-state index in [0.29, 0.717) is 33.8 Å². The van der Waals surface area contributed by atoms with Crippen LogP contribution in [-0.4, -0.2) is 24.5 Å². The number of allylic oxidation sites excluding steroid dienone is 1. The summed E-state index contributed by atoms with van der Waals surface area (Å²) in [6.07, 6.45) is 2.54. The van der Waals surface area contributed by atoms with Crippen molar-refractivity contribution in [3.8, 4) is 17.2 Å². The minimum atomic E-state index is -3.55. The number of pyridine rings is 1. The van der Waals surface area contributed by atoms with Crippen LogP contribution in [-0.2, 0) is 10.0 Å². The highest BCUT2D eigenvalue weighted by molar-refractivity contribution is 7.92. The zero-order valence-corrected chi connectivity index (χ0v) is 21.1. The van der Waals surface area contributed by atoms with Gasteiger partial charge in [0.25, 0.3) is 0 Å². The van der Waals surface area contributed by atoms with Crippen LogP contribution in [0.1, 0.15) is 28.4 Å². The normalized spacial score (nSPS) is 11.3. The number of nitrogens with one attached hydrogen (secondary N) is 1. The van der Waals surface area contributed by atoms with E-state index in [2.05, 4.69) is 11.3 Å². The summed E-state index contributed by atoms with van der Waals surface area (Å²) in [4.78, 5) is 25.6. The quantitative estimate of drug-likeness (QED) is 0.253. The molecule has 0 radical (unpaired) electrons. The smallest absolute Gasteiger partial charge is 0.232 e. The predicted octanol–water partition coefficient (Wildman–Crippen LogP) is 5.53. The van der Waals surface area contributed by atoms with Gasteiger partial charge in [0.1, 0.15) is 5.75 Å². The molecule has 0 atom stereocenters. The highest BCUT2D eigenvalue weighted by Crippen LogP contribution is 2.35. The molecule has 1 N–H and O–H groups in total. The van der Waals surface area contributed by atoms with Gasteiger partial charge in [-0.2, -0.15) is 0 Å². The fourth-order valence-corrected chi connectivity index (χ4v) is 4.57. The first kappa shape index (κ1) is 24.9. The lowest BCUT2D eigenvalue weighted by Gasteiger charge is -2.20. The summed E-state index contributed by atoms with van der Waals surface area (Å²) in [5, 5.41) is 0.336. The first-order valence-corrected chi connectivity index (χ1v) is 13.0. The molecule has 4 aromatic rings. The Morgan fingerprint density at radius 3 is 2.42 bits per heavy atom. The second-order valence-corrected chi connectivity index (χ2v) is 10.3. The number of ether oxygens (including phenoxy) is 1. The summed E-state index contributed by atoms with van der Waals surface area (Å²) in [7, 11) is -3.55. The van der Waals surface area contributed by atoms with Gasteiger partial charge in [0.2, 0.25) is 15.5 Å². The maximum atomic E-state index is 13.1. The molecule has 7 nitrogen and oxygen atoms in total. The van der Waals surface area contributed by atoms with Gasteiger partial charge < -0.3 is 9.30 Å². The first-order chi connectivity index (χ1) is 17.1. The molecule has 0 amide bonds. The lowest BCUT2D eigenvalue weighted by atomic mass is 10.1. The van der Waals surface area contributed by atoms with Crippen molar-refractivity contribution in [2.24, 2.45) is 0 Å². The van der Waals surface area contributed by atoms with Crippen LogP contribution in [0.3, 0.4) is 0 Å². The number of para-hydroxylation sites is 2. The molecule has 3 aromatic carbocycles. The number of fused-ring (bicyclic) bond motifs is 1. The summed E-state index contributed by atoms with van der Waals surface area (Å²) in [5.74, 6) is 0.465. The molecule has 1 heterocycles. The van der Waals surface area contributed by atoms with Crippen LogP contribution in [0.4, 0.5) is 5.69 Å². The van der Waals surface area contributed by atoms with Crippen molar-refractivity contribution in [3.63, 3.8) is 0 Å². The number of benzene rings is 3. The van der Waals surface area contributed by atoms with E-state index in [-0.39, 0.29) is 11.3 Å². The molecule has 0 spiro atoms. The van der Waals surface area contributed by atoms with Gasteiger partial charge in [-0.05, 0) is 68.3 Å². The SMILES string of the molecule is C=CC(=O)c1cn(-c2cc(NS(=O)(=O)CC)ccc2Oc2c(C)cccc2C)c2ccccc2c1=O. The third-order valence-electron chi connectivity index (χ3n) is 5.85. The molecule has 0 aliphatic rings. The molecule has 0 aliphatic carbocycles. The molecular weight excluding hydrogens is 476 g/mol. The number of aromatic nitrogens is 1. The van der Waals surface area contributed by atoms with Crippen LogP contribution >= 0.6 is 0 Å². The highest BCUT2D eigenvalue weighted by atomic mass is 32.2. The van der Waals surface area contributed by atoms with Crippen LogP contribution < -0.4 is 14.9 Å². The average molecular weight is 503 g/mol. The number of carbonyl (C=O) groups excluding carboxylic acids is 1. The Morgan fingerprint density at radius 2 is 1.75 bits per heavy atom. The fourth-order valence-electron chi connectivity index (χ4n) is 3.94. The van der Waals surface area contributed by atoms with Crippen molar-refractivity contribution in [2.75, 3.05) is 10.5 Å². The van der Waals surface area contributed by atoms with E-state index in [1.165, 1.54) is 6.20 Å². The summed E-state index contributed by atoms with van der Waals surface area (Å²) in [5.41, 5.74) is 2.68. The lowest BCUT2D eigenvalue weighted by Crippen LogP contribution is -2.18. The standard InChI is InChI=1S/C28H26N2O5S/c1-5-25(31)22-17-30(23-13-8-7-12-21(23)27(22)32)24-16-20(29-36(33,34)6-2)14-15-26(24)35-28-18(3)10-9-11-19(28)4/h5,7-17,29H,1,6H2,2-4H3. The van der Waals surface area contributed by atoms with Gasteiger partial charge in [-0.25, -0.2) is 8.42 Å². The summed E-state index contributed by atoms with van der Waals surface area (Å²) < 4.78 is 35.1. The van der Waals surface area contributed by atoms with Crippen LogP contribution in [0.5, 0.6) is 11.5 Å². The number of aryl methyl sites for hydroxylation is 2. The van der Waals surface area contributed by atoms with E-state index in [0.717, 1.165) is 17.2 Å². The Morgan fingerprint density at radius 1 is 1.06 bits per heavy atom. The Balaban J connectivity index is 2.04. The van der Waals surface area contributed by atoms with Crippen molar-refractivity contribution >= 4 is 32.4 Å². The Bertz CT molecular complexity index is 1650. The van der Waals surface area contributed by atoms with E-state index in [9.17, 15) is 18.0 Å². The third-order valence-corrected chi connectivity index (χ3v) is 7.16. The van der Waals surface area contributed by atoms with Gasteiger partial charge in [-0.15, -0.1) is 0 Å². The van der Waals surface area contributed by atoms with Gasteiger partial charge in [0.05, 0.1) is 28.2 Å². The zero-order valence-electron chi connectivity index (χ0n) is 20.2. The second kappa shape index (κ2) is 9.83. The first-order valence-electron chi connectivity index (χ1n) is 11.4. The Hall–Kier alpha value is -4.17. The molecule has 1 aromatic heterocycles. The molecule has 4 rings (SSSR count). The van der Waals surface area contributed by atoms with Crippen molar-refractivity contribution in [1.29, 1.82) is 0 Å². The van der Waals surface area contributed by atoms with E-state index >= 15 is 0 Å². The number of anilines is 1. The third kappa shape index (κ3) is 4.81. The molecule has 0 aliphatic heterocycles. The monoisotopic (exact) mass is 502 g/mol. The fraction of sp³-hybridized carbons (Fsp3) is 0.143. The summed E-state index contributed by atoms with van der Waals surface area (Å²) in [6, 6.07) is 17.6. The van der Waals surface area contributed by atoms with Crippen LogP contribution in [0.15, 0.2) is 84.3 Å². The van der Waals surface area contributed by atoms with E-state index in [1.807, 2.05) is 32.0 Å². The van der Waals surface area contributed by atoms with Gasteiger partial charge in [-0.1, -0.05) is 36.9 Å². The van der Waals surface area contributed by atoms with Crippen LogP contribution in [0.25, 0.3) is 16.6 Å². The molecule has 8 heteroatoms. The van der Waals surface area contributed by atoms with Gasteiger partial charge in [0, 0.05) is 11.6 Å². The van der Waals surface area contributed by atoms with Crippen molar-refractivity contribution in [3.05, 3.63) is 106 Å². The number of carbonyl (C=O) groups is 1. The number of hydrogen-bond donors (Lipinski definition) is 1. The van der Waals surface area contributed by atoms with Gasteiger partial charge >= 0.3 is 0 Å². The molecule has 0 bridgehead atoms. The van der Waals surface area contributed by atoms with Crippen molar-refractivity contribution in [1.82, 2.24) is 4.57 Å². The largest absolute Gasteiger partial charge is 0.455 e. The second-order valence-electron chi connectivity index (χ2n) is 8.34.